The first-order valence-electron chi connectivity index (χ1n) is 11.7. The number of nitrogens with one attached hydrogen (secondary N) is 3. The lowest BCUT2D eigenvalue weighted by atomic mass is 9.92. The van der Waals surface area contributed by atoms with Crippen molar-refractivity contribution < 1.29 is 18.7 Å². The lowest BCUT2D eigenvalue weighted by Crippen LogP contribution is -2.45. The number of carbonyl (C=O) groups is 1. The molecule has 1 aromatic carbocycles. The van der Waals surface area contributed by atoms with Gasteiger partial charge in [-0.25, -0.2) is 19.3 Å². The summed E-state index contributed by atoms with van der Waals surface area (Å²) in [6, 6.07) is 11.5. The van der Waals surface area contributed by atoms with E-state index in [0.717, 1.165) is 5.69 Å². The van der Waals surface area contributed by atoms with Crippen molar-refractivity contribution in [3.63, 3.8) is 0 Å². The van der Waals surface area contributed by atoms with Crippen molar-refractivity contribution in [3.05, 3.63) is 72.7 Å². The van der Waals surface area contributed by atoms with E-state index in [9.17, 15) is 9.18 Å². The molecule has 1 aliphatic rings. The van der Waals surface area contributed by atoms with E-state index >= 15 is 0 Å². The third-order valence-electron chi connectivity index (χ3n) is 5.82. The summed E-state index contributed by atoms with van der Waals surface area (Å²) in [5, 5.41) is 5.95. The van der Waals surface area contributed by atoms with Gasteiger partial charge >= 0.3 is 0 Å². The molecule has 0 bridgehead atoms. The molecule has 1 aliphatic heterocycles. The number of nitrogens with zero attached hydrogens (tertiary/aromatic N) is 4. The molecule has 0 radical (unpaired) electrons. The highest BCUT2D eigenvalue weighted by atomic mass is 19.1. The SMILES string of the molecule is CC(=O)NCC1(C)COC(c2nc(-c3ccc(F)cc3)c(-c3ccnc(Nc4cccnc4)n3)[nH]2)OC1. The van der Waals surface area contributed by atoms with Gasteiger partial charge in [0.1, 0.15) is 5.82 Å². The molecule has 3 aromatic heterocycles. The van der Waals surface area contributed by atoms with Gasteiger partial charge in [0.2, 0.25) is 18.1 Å². The van der Waals surface area contributed by atoms with Crippen molar-refractivity contribution in [1.82, 2.24) is 30.2 Å². The van der Waals surface area contributed by atoms with Crippen molar-refractivity contribution in [3.8, 4) is 22.6 Å². The van der Waals surface area contributed by atoms with Gasteiger partial charge in [0, 0.05) is 36.8 Å². The summed E-state index contributed by atoms with van der Waals surface area (Å²) in [6.07, 6.45) is 4.25. The Hall–Kier alpha value is -4.22. The third-order valence-corrected chi connectivity index (χ3v) is 5.82. The number of ether oxygens (including phenoxy) is 2. The van der Waals surface area contributed by atoms with Crippen molar-refractivity contribution in [2.75, 3.05) is 25.1 Å². The van der Waals surface area contributed by atoms with Crippen LogP contribution in [0, 0.1) is 11.2 Å². The highest BCUT2D eigenvalue weighted by Gasteiger charge is 2.35. The Labute approximate surface area is 212 Å². The van der Waals surface area contributed by atoms with E-state index in [1.54, 1.807) is 36.8 Å². The molecule has 1 fully saturated rings. The Bertz CT molecular complexity index is 1370. The monoisotopic (exact) mass is 503 g/mol. The number of aromatic amines is 1. The largest absolute Gasteiger partial charge is 0.356 e. The van der Waals surface area contributed by atoms with Crippen LogP contribution in [0.15, 0.2) is 61.1 Å². The standard InChI is InChI=1S/C26H26FN7O3/c1-16(35)30-13-26(2)14-36-24(37-15-26)23-33-21(17-5-7-18(27)8-6-17)22(34-23)20-9-11-29-25(32-20)31-19-4-3-10-28-12-19/h3-12,24H,13-15H2,1-2H3,(H,30,35)(H,33,34)(H,29,31,32). The third kappa shape index (κ3) is 5.79. The molecule has 11 heteroatoms. The van der Waals surface area contributed by atoms with Crippen LogP contribution in [-0.2, 0) is 14.3 Å². The van der Waals surface area contributed by atoms with Crippen molar-refractivity contribution in [1.29, 1.82) is 0 Å². The smallest absolute Gasteiger partial charge is 0.227 e. The van der Waals surface area contributed by atoms with E-state index in [1.165, 1.54) is 19.1 Å². The zero-order valence-electron chi connectivity index (χ0n) is 20.4. The molecule has 0 spiro atoms. The lowest BCUT2D eigenvalue weighted by Gasteiger charge is -2.36. The Morgan fingerprint density at radius 2 is 1.92 bits per heavy atom. The molecule has 37 heavy (non-hydrogen) atoms. The minimum atomic E-state index is -0.742. The first-order chi connectivity index (χ1) is 17.9. The van der Waals surface area contributed by atoms with Gasteiger partial charge in [-0.2, -0.15) is 0 Å². The fraction of sp³-hybridized carbons (Fsp3) is 0.269. The number of H-pyrrole nitrogens is 1. The fourth-order valence-electron chi connectivity index (χ4n) is 3.87. The maximum absolute atomic E-state index is 13.6. The van der Waals surface area contributed by atoms with E-state index in [-0.39, 0.29) is 17.1 Å². The van der Waals surface area contributed by atoms with Gasteiger partial charge in [-0.3, -0.25) is 9.78 Å². The Morgan fingerprint density at radius 3 is 2.62 bits per heavy atom. The second-order valence-electron chi connectivity index (χ2n) is 9.16. The van der Waals surface area contributed by atoms with Crippen LogP contribution < -0.4 is 10.6 Å². The molecule has 3 N–H and O–H groups in total. The summed E-state index contributed by atoms with van der Waals surface area (Å²) in [6.45, 7) is 4.63. The minimum absolute atomic E-state index is 0.106. The van der Waals surface area contributed by atoms with E-state index in [4.69, 9.17) is 14.5 Å². The highest BCUT2D eigenvalue weighted by Crippen LogP contribution is 2.35. The van der Waals surface area contributed by atoms with Crippen LogP contribution in [0.1, 0.15) is 26.0 Å². The van der Waals surface area contributed by atoms with Crippen LogP contribution in [0.3, 0.4) is 0 Å². The Balaban J connectivity index is 1.44. The average Bonchev–Trinajstić information content (AvgIpc) is 3.35. The Morgan fingerprint density at radius 1 is 1.14 bits per heavy atom. The summed E-state index contributed by atoms with van der Waals surface area (Å²) in [5.41, 5.74) is 2.83. The summed E-state index contributed by atoms with van der Waals surface area (Å²) < 4.78 is 25.6. The van der Waals surface area contributed by atoms with E-state index in [0.29, 0.717) is 54.2 Å². The highest BCUT2D eigenvalue weighted by molar-refractivity contribution is 5.77. The lowest BCUT2D eigenvalue weighted by molar-refractivity contribution is -0.232. The topological polar surface area (TPSA) is 127 Å². The predicted octanol–water partition coefficient (Wildman–Crippen LogP) is 4.00. The number of anilines is 2. The van der Waals surface area contributed by atoms with Crippen LogP contribution in [0.25, 0.3) is 22.6 Å². The van der Waals surface area contributed by atoms with Gasteiger partial charge < -0.3 is 25.1 Å². The van der Waals surface area contributed by atoms with Gasteiger partial charge in [-0.05, 0) is 42.5 Å². The molecule has 4 heterocycles. The van der Waals surface area contributed by atoms with Gasteiger partial charge in [0.25, 0.3) is 0 Å². The van der Waals surface area contributed by atoms with Crippen LogP contribution >= 0.6 is 0 Å². The summed E-state index contributed by atoms with van der Waals surface area (Å²) in [4.78, 5) is 32.4. The molecular formula is C26H26FN7O3. The number of amides is 1. The van der Waals surface area contributed by atoms with Crippen molar-refractivity contribution in [2.45, 2.75) is 20.1 Å². The summed E-state index contributed by atoms with van der Waals surface area (Å²) in [7, 11) is 0. The normalized spacial score (nSPS) is 19.4. The number of hydrogen-bond donors (Lipinski definition) is 3. The number of carbonyl (C=O) groups excluding carboxylic acids is 1. The molecule has 4 aromatic rings. The maximum atomic E-state index is 13.6. The molecule has 0 saturated carbocycles. The molecule has 5 rings (SSSR count). The Kier molecular flexibility index (Phi) is 6.89. The van der Waals surface area contributed by atoms with E-state index < -0.39 is 6.29 Å². The number of pyridine rings is 1. The van der Waals surface area contributed by atoms with Gasteiger partial charge in [0.05, 0.1) is 42.2 Å². The van der Waals surface area contributed by atoms with E-state index in [1.807, 2.05) is 19.1 Å². The van der Waals surface area contributed by atoms with E-state index in [2.05, 4.69) is 30.6 Å². The quantitative estimate of drug-likeness (QED) is 0.345. The van der Waals surface area contributed by atoms with Crippen LogP contribution in [0.4, 0.5) is 16.0 Å². The summed E-state index contributed by atoms with van der Waals surface area (Å²) in [5.74, 6) is 0.385. The van der Waals surface area contributed by atoms with Crippen LogP contribution in [-0.4, -0.2) is 50.6 Å². The fourth-order valence-corrected chi connectivity index (χ4v) is 3.87. The van der Waals surface area contributed by atoms with Gasteiger partial charge in [-0.15, -0.1) is 0 Å². The molecular weight excluding hydrogens is 477 g/mol. The molecule has 0 unspecified atom stereocenters. The maximum Gasteiger partial charge on any atom is 0.227 e. The minimum Gasteiger partial charge on any atom is -0.356 e. The second-order valence-corrected chi connectivity index (χ2v) is 9.16. The molecule has 1 saturated heterocycles. The number of halogens is 1. The summed E-state index contributed by atoms with van der Waals surface area (Å²) >= 11 is 0. The molecule has 1 amide bonds. The molecule has 190 valence electrons. The number of rotatable bonds is 7. The number of hydrogen-bond acceptors (Lipinski definition) is 8. The first kappa shape index (κ1) is 24.5. The van der Waals surface area contributed by atoms with Crippen molar-refractivity contribution >= 4 is 17.5 Å². The molecule has 0 atom stereocenters. The zero-order valence-corrected chi connectivity index (χ0v) is 20.4. The van der Waals surface area contributed by atoms with Gasteiger partial charge in [0.15, 0.2) is 5.82 Å². The van der Waals surface area contributed by atoms with Crippen LogP contribution in [0.2, 0.25) is 0 Å². The number of imidazole rings is 1. The van der Waals surface area contributed by atoms with Crippen LogP contribution in [0.5, 0.6) is 0 Å². The molecule has 0 aliphatic carbocycles. The zero-order chi connectivity index (χ0) is 25.8. The van der Waals surface area contributed by atoms with Crippen molar-refractivity contribution in [2.24, 2.45) is 5.41 Å². The average molecular weight is 504 g/mol. The number of aromatic nitrogens is 5. The first-order valence-corrected chi connectivity index (χ1v) is 11.7. The predicted molar refractivity (Wildman–Crippen MR) is 134 cm³/mol. The molecule has 10 nitrogen and oxygen atoms in total. The second kappa shape index (κ2) is 10.4. The van der Waals surface area contributed by atoms with Gasteiger partial charge in [-0.1, -0.05) is 6.92 Å². The number of benzene rings is 1.